The standard InChI is InChI=1S/C12H12Br2N4S/c1-2-5-16-12-17-7-9(14)11(18-12)19-10-8(13)4-3-6-15-10/h3-4,6-7H,2,5H2,1H3,(H,16,17,18). The molecule has 0 atom stereocenters. The summed E-state index contributed by atoms with van der Waals surface area (Å²) in [5, 5.41) is 4.89. The van der Waals surface area contributed by atoms with E-state index in [0.717, 1.165) is 32.0 Å². The molecule has 2 aromatic heterocycles. The van der Waals surface area contributed by atoms with Gasteiger partial charge in [-0.15, -0.1) is 0 Å². The predicted molar refractivity (Wildman–Crippen MR) is 84.6 cm³/mol. The monoisotopic (exact) mass is 402 g/mol. The van der Waals surface area contributed by atoms with E-state index in [1.165, 1.54) is 11.8 Å². The summed E-state index contributed by atoms with van der Waals surface area (Å²) in [7, 11) is 0. The Morgan fingerprint density at radius 1 is 1.21 bits per heavy atom. The molecule has 0 aliphatic heterocycles. The lowest BCUT2D eigenvalue weighted by Gasteiger charge is -2.07. The quantitative estimate of drug-likeness (QED) is 0.751. The molecule has 2 rings (SSSR count). The largest absolute Gasteiger partial charge is 0.354 e. The van der Waals surface area contributed by atoms with Crippen molar-refractivity contribution >= 4 is 49.6 Å². The molecule has 0 aliphatic rings. The first kappa shape index (κ1) is 14.7. The van der Waals surface area contributed by atoms with Crippen molar-refractivity contribution in [2.75, 3.05) is 11.9 Å². The van der Waals surface area contributed by atoms with Crippen LogP contribution in [0.4, 0.5) is 5.95 Å². The fraction of sp³-hybridized carbons (Fsp3) is 0.250. The van der Waals surface area contributed by atoms with Crippen LogP contribution in [0.15, 0.2) is 43.5 Å². The van der Waals surface area contributed by atoms with Crippen LogP contribution in [-0.4, -0.2) is 21.5 Å². The highest BCUT2D eigenvalue weighted by molar-refractivity contribution is 9.11. The molecule has 0 fully saturated rings. The van der Waals surface area contributed by atoms with Gasteiger partial charge in [-0.2, -0.15) is 0 Å². The van der Waals surface area contributed by atoms with Crippen molar-refractivity contribution in [3.8, 4) is 0 Å². The van der Waals surface area contributed by atoms with Crippen LogP contribution in [0.1, 0.15) is 13.3 Å². The average molecular weight is 404 g/mol. The molecule has 0 radical (unpaired) electrons. The van der Waals surface area contributed by atoms with Gasteiger partial charge < -0.3 is 5.32 Å². The first-order valence-corrected chi connectivity index (χ1v) is 8.15. The van der Waals surface area contributed by atoms with Gasteiger partial charge in [0.25, 0.3) is 0 Å². The smallest absolute Gasteiger partial charge is 0.223 e. The zero-order valence-electron chi connectivity index (χ0n) is 10.2. The second-order valence-electron chi connectivity index (χ2n) is 3.67. The molecule has 0 aromatic carbocycles. The van der Waals surface area contributed by atoms with E-state index >= 15 is 0 Å². The molecule has 0 spiro atoms. The highest BCUT2D eigenvalue weighted by Crippen LogP contribution is 2.34. The fourth-order valence-corrected chi connectivity index (χ4v) is 2.96. The molecular weight excluding hydrogens is 392 g/mol. The summed E-state index contributed by atoms with van der Waals surface area (Å²) in [6.45, 7) is 2.96. The third kappa shape index (κ3) is 4.15. The number of nitrogens with one attached hydrogen (secondary N) is 1. The summed E-state index contributed by atoms with van der Waals surface area (Å²) >= 11 is 8.44. The Morgan fingerprint density at radius 2 is 2.05 bits per heavy atom. The number of halogens is 2. The van der Waals surface area contributed by atoms with Crippen LogP contribution < -0.4 is 5.32 Å². The molecule has 0 saturated carbocycles. The van der Waals surface area contributed by atoms with Gasteiger partial charge in [-0.3, -0.25) is 0 Å². The number of anilines is 1. The van der Waals surface area contributed by atoms with E-state index in [4.69, 9.17) is 0 Å². The molecule has 2 heterocycles. The zero-order valence-corrected chi connectivity index (χ0v) is 14.2. The van der Waals surface area contributed by atoms with Crippen molar-refractivity contribution in [3.63, 3.8) is 0 Å². The van der Waals surface area contributed by atoms with Crippen LogP contribution in [0.2, 0.25) is 0 Å². The summed E-state index contributed by atoms with van der Waals surface area (Å²) in [6.07, 6.45) is 4.55. The molecule has 0 amide bonds. The van der Waals surface area contributed by atoms with Gasteiger partial charge >= 0.3 is 0 Å². The summed E-state index contributed by atoms with van der Waals surface area (Å²) in [5.74, 6) is 0.639. The number of rotatable bonds is 5. The Hall–Kier alpha value is -0.660. The van der Waals surface area contributed by atoms with Crippen molar-refractivity contribution in [1.82, 2.24) is 15.0 Å². The van der Waals surface area contributed by atoms with Gasteiger partial charge in [0, 0.05) is 18.9 Å². The number of nitrogens with zero attached hydrogens (tertiary/aromatic N) is 3. The lowest BCUT2D eigenvalue weighted by molar-refractivity contribution is 0.929. The van der Waals surface area contributed by atoms with Gasteiger partial charge in [-0.1, -0.05) is 6.92 Å². The lowest BCUT2D eigenvalue weighted by Crippen LogP contribution is -2.04. The van der Waals surface area contributed by atoms with Crippen molar-refractivity contribution in [2.45, 2.75) is 23.4 Å². The Morgan fingerprint density at radius 3 is 2.79 bits per heavy atom. The van der Waals surface area contributed by atoms with E-state index in [2.05, 4.69) is 59.1 Å². The molecule has 0 bridgehead atoms. The SMILES string of the molecule is CCCNc1ncc(Br)c(Sc2ncccc2Br)n1. The molecule has 100 valence electrons. The summed E-state index contributed by atoms with van der Waals surface area (Å²) < 4.78 is 1.81. The molecule has 0 unspecified atom stereocenters. The minimum absolute atomic E-state index is 0.639. The normalized spacial score (nSPS) is 10.5. The minimum Gasteiger partial charge on any atom is -0.354 e. The van der Waals surface area contributed by atoms with Crippen LogP contribution in [0.5, 0.6) is 0 Å². The van der Waals surface area contributed by atoms with E-state index in [9.17, 15) is 0 Å². The summed E-state index contributed by atoms with van der Waals surface area (Å²) in [5.41, 5.74) is 0. The second kappa shape index (κ2) is 7.21. The number of hydrogen-bond donors (Lipinski definition) is 1. The topological polar surface area (TPSA) is 50.7 Å². The van der Waals surface area contributed by atoms with E-state index in [1.807, 2.05) is 12.1 Å². The summed E-state index contributed by atoms with van der Waals surface area (Å²) in [4.78, 5) is 13.0. The molecular formula is C12H12Br2N4S. The zero-order chi connectivity index (χ0) is 13.7. The van der Waals surface area contributed by atoms with Gasteiger partial charge in [0.2, 0.25) is 5.95 Å². The second-order valence-corrected chi connectivity index (χ2v) is 6.35. The van der Waals surface area contributed by atoms with Crippen LogP contribution in [0, 0.1) is 0 Å². The van der Waals surface area contributed by atoms with Gasteiger partial charge in [0.1, 0.15) is 10.1 Å². The molecule has 0 saturated heterocycles. The highest BCUT2D eigenvalue weighted by atomic mass is 79.9. The first-order valence-electron chi connectivity index (χ1n) is 5.75. The maximum atomic E-state index is 4.48. The molecule has 0 aliphatic carbocycles. The van der Waals surface area contributed by atoms with Crippen LogP contribution in [0.3, 0.4) is 0 Å². The Labute approximate surface area is 133 Å². The van der Waals surface area contributed by atoms with E-state index in [1.54, 1.807) is 12.4 Å². The van der Waals surface area contributed by atoms with Crippen LogP contribution in [0.25, 0.3) is 0 Å². The van der Waals surface area contributed by atoms with Crippen LogP contribution >= 0.6 is 43.6 Å². The molecule has 2 aromatic rings. The van der Waals surface area contributed by atoms with Gasteiger partial charge in [0.15, 0.2) is 0 Å². The van der Waals surface area contributed by atoms with Crippen molar-refractivity contribution in [2.24, 2.45) is 0 Å². The maximum absolute atomic E-state index is 4.48. The average Bonchev–Trinajstić information content (AvgIpc) is 2.42. The Bertz CT molecular complexity index is 565. The van der Waals surface area contributed by atoms with Crippen LogP contribution in [-0.2, 0) is 0 Å². The van der Waals surface area contributed by atoms with E-state index in [0.29, 0.717) is 5.95 Å². The summed E-state index contributed by atoms with van der Waals surface area (Å²) in [6, 6.07) is 3.85. The van der Waals surface area contributed by atoms with Gasteiger partial charge in [0.05, 0.1) is 8.95 Å². The molecule has 19 heavy (non-hydrogen) atoms. The third-order valence-corrected chi connectivity index (χ3v) is 4.93. The lowest BCUT2D eigenvalue weighted by atomic mass is 10.5. The minimum atomic E-state index is 0.639. The third-order valence-electron chi connectivity index (χ3n) is 2.16. The number of pyridine rings is 1. The first-order chi connectivity index (χ1) is 9.20. The highest BCUT2D eigenvalue weighted by Gasteiger charge is 2.10. The van der Waals surface area contributed by atoms with Crippen molar-refractivity contribution in [3.05, 3.63) is 33.5 Å². The molecule has 1 N–H and O–H groups in total. The van der Waals surface area contributed by atoms with Gasteiger partial charge in [-0.25, -0.2) is 15.0 Å². The number of hydrogen-bond acceptors (Lipinski definition) is 5. The maximum Gasteiger partial charge on any atom is 0.223 e. The fourth-order valence-electron chi connectivity index (χ4n) is 1.28. The van der Waals surface area contributed by atoms with Crippen molar-refractivity contribution < 1.29 is 0 Å². The molecule has 7 heteroatoms. The van der Waals surface area contributed by atoms with E-state index in [-0.39, 0.29) is 0 Å². The number of aromatic nitrogens is 3. The Balaban J connectivity index is 2.21. The van der Waals surface area contributed by atoms with Gasteiger partial charge in [-0.05, 0) is 62.2 Å². The van der Waals surface area contributed by atoms with E-state index < -0.39 is 0 Å². The predicted octanol–water partition coefficient (Wildman–Crippen LogP) is 4.37. The molecule has 4 nitrogen and oxygen atoms in total. The van der Waals surface area contributed by atoms with Crippen molar-refractivity contribution in [1.29, 1.82) is 0 Å². The Kier molecular flexibility index (Phi) is 5.59.